The van der Waals surface area contributed by atoms with Gasteiger partial charge in [-0.15, -0.1) is 0 Å². The molecule has 2 nitrogen and oxygen atoms in total. The number of hydrogen-bond acceptors (Lipinski definition) is 3. The molecular weight excluding hydrogens is 266 g/mol. The Bertz CT molecular complexity index is 370. The van der Waals surface area contributed by atoms with E-state index in [1.807, 2.05) is 17.8 Å². The highest BCUT2D eigenvalue weighted by Crippen LogP contribution is 2.24. The molecule has 0 saturated heterocycles. The second kappa shape index (κ2) is 10.1. The molecule has 3 heteroatoms. The van der Waals surface area contributed by atoms with E-state index in [0.717, 1.165) is 30.4 Å². The minimum absolute atomic E-state index is 0.416. The Morgan fingerprint density at radius 1 is 1.25 bits per heavy atom. The number of ether oxygens (including phenoxy) is 1. The van der Waals surface area contributed by atoms with Crippen LogP contribution in [0.5, 0.6) is 5.75 Å². The normalized spacial score (nSPS) is 14.0. The third-order valence-electron chi connectivity index (χ3n) is 3.52. The van der Waals surface area contributed by atoms with Gasteiger partial charge in [0, 0.05) is 11.8 Å². The summed E-state index contributed by atoms with van der Waals surface area (Å²) in [5.74, 6) is 4.11. The predicted molar refractivity (Wildman–Crippen MR) is 90.8 cm³/mol. The molecule has 114 valence electrons. The zero-order valence-electron chi connectivity index (χ0n) is 13.3. The van der Waals surface area contributed by atoms with Crippen LogP contribution in [0, 0.1) is 5.92 Å². The molecule has 0 aliphatic carbocycles. The molecule has 0 heterocycles. The summed E-state index contributed by atoms with van der Waals surface area (Å²) in [4.78, 5) is 0. The third-order valence-corrected chi connectivity index (χ3v) is 4.89. The van der Waals surface area contributed by atoms with E-state index in [2.05, 4.69) is 44.3 Å². The molecule has 0 bridgehead atoms. The standard InChI is InChI=1S/C17H29NOS/c1-5-10-18-17(13-20-12-14(3)6-2)15-8-7-9-16(11-15)19-4/h7-9,11,14,17-18H,5-6,10,12-13H2,1-4H3. The van der Waals surface area contributed by atoms with E-state index in [9.17, 15) is 0 Å². The van der Waals surface area contributed by atoms with E-state index >= 15 is 0 Å². The molecule has 2 unspecified atom stereocenters. The second-order valence-electron chi connectivity index (χ2n) is 5.33. The van der Waals surface area contributed by atoms with Crippen molar-refractivity contribution in [2.24, 2.45) is 5.92 Å². The van der Waals surface area contributed by atoms with Crippen molar-refractivity contribution in [3.63, 3.8) is 0 Å². The van der Waals surface area contributed by atoms with Gasteiger partial charge in [-0.1, -0.05) is 39.3 Å². The summed E-state index contributed by atoms with van der Waals surface area (Å²) in [5, 5.41) is 3.65. The van der Waals surface area contributed by atoms with E-state index in [0.29, 0.717) is 6.04 Å². The largest absolute Gasteiger partial charge is 0.497 e. The fourth-order valence-electron chi connectivity index (χ4n) is 1.95. The first-order valence-electron chi connectivity index (χ1n) is 7.66. The van der Waals surface area contributed by atoms with Crippen LogP contribution in [-0.2, 0) is 0 Å². The lowest BCUT2D eigenvalue weighted by molar-refractivity contribution is 0.413. The first kappa shape index (κ1) is 17.4. The highest BCUT2D eigenvalue weighted by molar-refractivity contribution is 7.99. The summed E-state index contributed by atoms with van der Waals surface area (Å²) in [6, 6.07) is 8.84. The maximum Gasteiger partial charge on any atom is 0.119 e. The molecule has 1 aromatic rings. The molecule has 0 aliphatic rings. The summed E-state index contributed by atoms with van der Waals surface area (Å²) in [7, 11) is 1.73. The van der Waals surface area contributed by atoms with Crippen LogP contribution in [0.3, 0.4) is 0 Å². The maximum absolute atomic E-state index is 5.33. The van der Waals surface area contributed by atoms with Crippen LogP contribution >= 0.6 is 11.8 Å². The van der Waals surface area contributed by atoms with Crippen molar-refractivity contribution in [1.29, 1.82) is 0 Å². The van der Waals surface area contributed by atoms with Gasteiger partial charge in [0.1, 0.15) is 5.75 Å². The summed E-state index contributed by atoms with van der Waals surface area (Å²) >= 11 is 2.05. The molecular formula is C17H29NOS. The summed E-state index contributed by atoms with van der Waals surface area (Å²) in [5.41, 5.74) is 1.33. The number of benzene rings is 1. The lowest BCUT2D eigenvalue weighted by atomic mass is 10.1. The van der Waals surface area contributed by atoms with Crippen molar-refractivity contribution < 1.29 is 4.74 Å². The molecule has 2 atom stereocenters. The van der Waals surface area contributed by atoms with E-state index in [1.54, 1.807) is 7.11 Å². The molecule has 0 spiro atoms. The van der Waals surface area contributed by atoms with Crippen LogP contribution in [0.25, 0.3) is 0 Å². The Balaban J connectivity index is 2.62. The first-order valence-corrected chi connectivity index (χ1v) is 8.81. The number of nitrogens with one attached hydrogen (secondary N) is 1. The fourth-order valence-corrected chi connectivity index (χ4v) is 3.27. The Hall–Kier alpha value is -0.670. The van der Waals surface area contributed by atoms with Gasteiger partial charge >= 0.3 is 0 Å². The number of thioether (sulfide) groups is 1. The van der Waals surface area contributed by atoms with Crippen molar-refractivity contribution in [1.82, 2.24) is 5.32 Å². The zero-order chi connectivity index (χ0) is 14.8. The topological polar surface area (TPSA) is 21.3 Å². The van der Waals surface area contributed by atoms with Gasteiger partial charge in [0.05, 0.1) is 7.11 Å². The molecule has 0 radical (unpaired) electrons. The number of hydrogen-bond donors (Lipinski definition) is 1. The highest BCUT2D eigenvalue weighted by Gasteiger charge is 2.12. The van der Waals surface area contributed by atoms with Gasteiger partial charge in [-0.2, -0.15) is 11.8 Å². The van der Waals surface area contributed by atoms with Crippen LogP contribution in [0.1, 0.15) is 45.2 Å². The molecule has 0 amide bonds. The van der Waals surface area contributed by atoms with Crippen LogP contribution in [0.15, 0.2) is 24.3 Å². The van der Waals surface area contributed by atoms with Gasteiger partial charge in [0.2, 0.25) is 0 Å². The second-order valence-corrected chi connectivity index (χ2v) is 6.41. The summed E-state index contributed by atoms with van der Waals surface area (Å²) in [6.07, 6.45) is 2.43. The minimum Gasteiger partial charge on any atom is -0.497 e. The van der Waals surface area contributed by atoms with Crippen molar-refractivity contribution in [3.05, 3.63) is 29.8 Å². The third kappa shape index (κ3) is 6.19. The van der Waals surface area contributed by atoms with Crippen molar-refractivity contribution >= 4 is 11.8 Å². The molecule has 1 aromatic carbocycles. The van der Waals surface area contributed by atoms with Gasteiger partial charge in [-0.05, 0) is 42.3 Å². The lowest BCUT2D eigenvalue weighted by Crippen LogP contribution is -2.24. The predicted octanol–water partition coefficient (Wildman–Crippen LogP) is 4.52. The quantitative estimate of drug-likeness (QED) is 0.686. The summed E-state index contributed by atoms with van der Waals surface area (Å²) in [6.45, 7) is 7.86. The van der Waals surface area contributed by atoms with Gasteiger partial charge in [-0.3, -0.25) is 0 Å². The SMILES string of the molecule is CCCNC(CSCC(C)CC)c1cccc(OC)c1. The molecule has 0 fully saturated rings. The summed E-state index contributed by atoms with van der Waals surface area (Å²) < 4.78 is 5.33. The van der Waals surface area contributed by atoms with Crippen molar-refractivity contribution in [3.8, 4) is 5.75 Å². The average molecular weight is 295 g/mol. The minimum atomic E-state index is 0.416. The monoisotopic (exact) mass is 295 g/mol. The Morgan fingerprint density at radius 2 is 2.05 bits per heavy atom. The highest BCUT2D eigenvalue weighted by atomic mass is 32.2. The lowest BCUT2D eigenvalue weighted by Gasteiger charge is -2.20. The Morgan fingerprint density at radius 3 is 2.70 bits per heavy atom. The zero-order valence-corrected chi connectivity index (χ0v) is 14.1. The number of rotatable bonds is 10. The first-order chi connectivity index (χ1) is 9.71. The van der Waals surface area contributed by atoms with Crippen molar-refractivity contribution in [2.45, 2.75) is 39.7 Å². The van der Waals surface area contributed by atoms with Crippen LogP contribution in [-0.4, -0.2) is 25.2 Å². The molecule has 1 rings (SSSR count). The van der Waals surface area contributed by atoms with Crippen molar-refractivity contribution in [2.75, 3.05) is 25.2 Å². The van der Waals surface area contributed by atoms with Crippen LogP contribution in [0.4, 0.5) is 0 Å². The molecule has 0 aromatic heterocycles. The Labute approximate surface area is 128 Å². The van der Waals surface area contributed by atoms with E-state index in [4.69, 9.17) is 4.74 Å². The molecule has 20 heavy (non-hydrogen) atoms. The van der Waals surface area contributed by atoms with E-state index in [1.165, 1.54) is 17.7 Å². The Kier molecular flexibility index (Phi) is 8.79. The van der Waals surface area contributed by atoms with Gasteiger partial charge in [-0.25, -0.2) is 0 Å². The van der Waals surface area contributed by atoms with Gasteiger partial charge in [0.25, 0.3) is 0 Å². The maximum atomic E-state index is 5.33. The van der Waals surface area contributed by atoms with Crippen LogP contribution < -0.4 is 10.1 Å². The van der Waals surface area contributed by atoms with E-state index < -0.39 is 0 Å². The van der Waals surface area contributed by atoms with Gasteiger partial charge in [0.15, 0.2) is 0 Å². The number of methoxy groups -OCH3 is 1. The molecule has 0 saturated carbocycles. The smallest absolute Gasteiger partial charge is 0.119 e. The van der Waals surface area contributed by atoms with E-state index in [-0.39, 0.29) is 0 Å². The van der Waals surface area contributed by atoms with Crippen LogP contribution in [0.2, 0.25) is 0 Å². The molecule has 1 N–H and O–H groups in total. The fraction of sp³-hybridized carbons (Fsp3) is 0.647. The van der Waals surface area contributed by atoms with Gasteiger partial charge < -0.3 is 10.1 Å². The average Bonchev–Trinajstić information content (AvgIpc) is 2.50. The molecule has 0 aliphatic heterocycles.